The summed E-state index contributed by atoms with van der Waals surface area (Å²) in [5.74, 6) is 0.612. The predicted molar refractivity (Wildman–Crippen MR) is 75.3 cm³/mol. The lowest BCUT2D eigenvalue weighted by atomic mass is 9.91. The number of hydrogen-bond donors (Lipinski definition) is 2. The van der Waals surface area contributed by atoms with Crippen LogP contribution >= 0.6 is 0 Å². The Morgan fingerprint density at radius 2 is 1.83 bits per heavy atom. The number of likely N-dealkylation sites (N-methyl/N-ethyl adjacent to an activating group) is 1. The summed E-state index contributed by atoms with van der Waals surface area (Å²) in [6.45, 7) is 6.80. The van der Waals surface area contributed by atoms with Gasteiger partial charge in [0.1, 0.15) is 0 Å². The average molecular weight is 255 g/mol. The van der Waals surface area contributed by atoms with Crippen LogP contribution in [0.2, 0.25) is 0 Å². The maximum atomic E-state index is 11.9. The second-order valence-electron chi connectivity index (χ2n) is 6.08. The molecule has 1 rings (SSSR count). The molecule has 0 aromatic rings. The van der Waals surface area contributed by atoms with Crippen LogP contribution in [0.15, 0.2) is 0 Å². The van der Waals surface area contributed by atoms with E-state index in [2.05, 4.69) is 31.0 Å². The van der Waals surface area contributed by atoms with Crippen LogP contribution in [0, 0.1) is 5.92 Å². The Morgan fingerprint density at radius 3 is 2.33 bits per heavy atom. The van der Waals surface area contributed by atoms with Crippen molar-refractivity contribution in [2.24, 2.45) is 11.7 Å². The van der Waals surface area contributed by atoms with Gasteiger partial charge in [-0.1, -0.05) is 13.8 Å². The molecule has 4 nitrogen and oxygen atoms in total. The molecule has 0 saturated heterocycles. The molecular formula is C14H29N3O. The average Bonchev–Trinajstić information content (AvgIpc) is 2.29. The lowest BCUT2D eigenvalue weighted by molar-refractivity contribution is -0.123. The molecule has 3 N–H and O–H groups in total. The van der Waals surface area contributed by atoms with Gasteiger partial charge in [-0.05, 0) is 45.6 Å². The molecule has 0 aromatic carbocycles. The van der Waals surface area contributed by atoms with Crippen molar-refractivity contribution in [1.29, 1.82) is 0 Å². The predicted octanol–water partition coefficient (Wildman–Crippen LogP) is 1.35. The van der Waals surface area contributed by atoms with Crippen molar-refractivity contribution in [3.63, 3.8) is 0 Å². The third kappa shape index (κ3) is 4.94. The Hall–Kier alpha value is -0.610. The molecule has 0 aromatic heterocycles. The number of carbonyl (C=O) groups excluding carboxylic acids is 1. The number of hydrogen-bond acceptors (Lipinski definition) is 3. The smallest absolute Gasteiger partial charge is 0.234 e. The van der Waals surface area contributed by atoms with Crippen molar-refractivity contribution in [2.75, 3.05) is 13.6 Å². The third-order valence-corrected chi connectivity index (χ3v) is 4.15. The van der Waals surface area contributed by atoms with Crippen LogP contribution in [-0.2, 0) is 4.79 Å². The van der Waals surface area contributed by atoms with Crippen LogP contribution in [-0.4, -0.2) is 42.5 Å². The minimum absolute atomic E-state index is 0.133. The highest BCUT2D eigenvalue weighted by molar-refractivity contribution is 5.78. The van der Waals surface area contributed by atoms with E-state index in [1.807, 2.05) is 7.05 Å². The first-order valence-electron chi connectivity index (χ1n) is 7.15. The molecule has 1 aliphatic carbocycles. The van der Waals surface area contributed by atoms with Crippen molar-refractivity contribution in [2.45, 2.75) is 64.6 Å². The number of nitrogens with two attached hydrogens (primary N) is 1. The summed E-state index contributed by atoms with van der Waals surface area (Å²) in [4.78, 5) is 14.1. The Balaban J connectivity index is 2.31. The summed E-state index contributed by atoms with van der Waals surface area (Å²) < 4.78 is 0. The number of rotatable bonds is 5. The molecule has 0 bridgehead atoms. The number of nitrogens with zero attached hydrogens (tertiary/aromatic N) is 1. The van der Waals surface area contributed by atoms with Crippen molar-refractivity contribution in [3.05, 3.63) is 0 Å². The standard InChI is InChI=1S/C14H29N3O/c1-10(2)11(3)16-14(18)9-17(4)13-7-5-12(15)6-8-13/h10-13H,5-9,15H2,1-4H3,(H,16,18). The van der Waals surface area contributed by atoms with Crippen LogP contribution in [0.25, 0.3) is 0 Å². The van der Waals surface area contributed by atoms with E-state index in [9.17, 15) is 4.79 Å². The molecule has 1 amide bonds. The Kier molecular flexibility index (Phi) is 6.09. The fraction of sp³-hybridized carbons (Fsp3) is 0.929. The molecule has 1 aliphatic rings. The first-order valence-corrected chi connectivity index (χ1v) is 7.15. The topological polar surface area (TPSA) is 58.4 Å². The molecule has 0 aliphatic heterocycles. The quantitative estimate of drug-likeness (QED) is 0.779. The van der Waals surface area contributed by atoms with Gasteiger partial charge < -0.3 is 11.1 Å². The van der Waals surface area contributed by atoms with Gasteiger partial charge in [0.25, 0.3) is 0 Å². The molecule has 106 valence electrons. The van der Waals surface area contributed by atoms with Gasteiger partial charge >= 0.3 is 0 Å². The fourth-order valence-corrected chi connectivity index (χ4v) is 2.36. The highest BCUT2D eigenvalue weighted by Crippen LogP contribution is 2.20. The van der Waals surface area contributed by atoms with Gasteiger partial charge in [0.05, 0.1) is 6.54 Å². The molecule has 0 spiro atoms. The molecule has 4 heteroatoms. The normalized spacial score (nSPS) is 26.4. The lowest BCUT2D eigenvalue weighted by Crippen LogP contribution is -2.46. The van der Waals surface area contributed by atoms with Gasteiger partial charge in [0, 0.05) is 18.1 Å². The molecule has 0 radical (unpaired) electrons. The number of carbonyl (C=O) groups is 1. The Labute approximate surface area is 111 Å². The molecule has 18 heavy (non-hydrogen) atoms. The van der Waals surface area contributed by atoms with E-state index in [1.165, 1.54) is 0 Å². The van der Waals surface area contributed by atoms with Gasteiger partial charge in [0.15, 0.2) is 0 Å². The fourth-order valence-electron chi connectivity index (χ4n) is 2.36. The van der Waals surface area contributed by atoms with Crippen LogP contribution in [0.1, 0.15) is 46.5 Å². The largest absolute Gasteiger partial charge is 0.352 e. The maximum absolute atomic E-state index is 11.9. The summed E-state index contributed by atoms with van der Waals surface area (Å²) in [5.41, 5.74) is 5.90. The van der Waals surface area contributed by atoms with E-state index in [0.717, 1.165) is 25.7 Å². The number of nitrogens with one attached hydrogen (secondary N) is 1. The van der Waals surface area contributed by atoms with E-state index in [0.29, 0.717) is 24.5 Å². The summed E-state index contributed by atoms with van der Waals surface area (Å²) in [6, 6.07) is 1.13. The zero-order chi connectivity index (χ0) is 13.7. The third-order valence-electron chi connectivity index (χ3n) is 4.15. The van der Waals surface area contributed by atoms with Crippen LogP contribution in [0.4, 0.5) is 0 Å². The molecular weight excluding hydrogens is 226 g/mol. The summed E-state index contributed by atoms with van der Waals surface area (Å²) in [7, 11) is 2.04. The van der Waals surface area contributed by atoms with E-state index < -0.39 is 0 Å². The molecule has 1 atom stereocenters. The summed E-state index contributed by atoms with van der Waals surface area (Å²) >= 11 is 0. The first kappa shape index (κ1) is 15.4. The monoisotopic (exact) mass is 255 g/mol. The Morgan fingerprint density at radius 1 is 1.28 bits per heavy atom. The highest BCUT2D eigenvalue weighted by Gasteiger charge is 2.23. The molecule has 1 fully saturated rings. The lowest BCUT2D eigenvalue weighted by Gasteiger charge is -2.33. The van der Waals surface area contributed by atoms with Crippen LogP contribution < -0.4 is 11.1 Å². The minimum Gasteiger partial charge on any atom is -0.352 e. The summed E-state index contributed by atoms with van der Waals surface area (Å²) in [5, 5.41) is 3.05. The van der Waals surface area contributed by atoms with Gasteiger partial charge in [-0.25, -0.2) is 0 Å². The van der Waals surface area contributed by atoms with Crippen molar-refractivity contribution in [3.8, 4) is 0 Å². The molecule has 1 saturated carbocycles. The molecule has 1 unspecified atom stereocenters. The van der Waals surface area contributed by atoms with Crippen LogP contribution in [0.3, 0.4) is 0 Å². The zero-order valence-electron chi connectivity index (χ0n) is 12.3. The van der Waals surface area contributed by atoms with E-state index >= 15 is 0 Å². The van der Waals surface area contributed by atoms with Crippen molar-refractivity contribution in [1.82, 2.24) is 10.2 Å². The second-order valence-corrected chi connectivity index (χ2v) is 6.08. The SMILES string of the molecule is CC(C)C(C)NC(=O)CN(C)C1CCC(N)CC1. The molecule has 0 heterocycles. The highest BCUT2D eigenvalue weighted by atomic mass is 16.2. The van der Waals surface area contributed by atoms with Gasteiger partial charge in [0.2, 0.25) is 5.91 Å². The van der Waals surface area contributed by atoms with Gasteiger partial charge in [-0.15, -0.1) is 0 Å². The second kappa shape index (κ2) is 7.10. The zero-order valence-corrected chi connectivity index (χ0v) is 12.3. The van der Waals surface area contributed by atoms with Crippen molar-refractivity contribution >= 4 is 5.91 Å². The van der Waals surface area contributed by atoms with Gasteiger partial charge in [-0.2, -0.15) is 0 Å². The minimum atomic E-state index is 0.133. The number of amides is 1. The van der Waals surface area contributed by atoms with Crippen molar-refractivity contribution < 1.29 is 4.79 Å². The van der Waals surface area contributed by atoms with E-state index in [-0.39, 0.29) is 11.9 Å². The summed E-state index contributed by atoms with van der Waals surface area (Å²) in [6.07, 6.45) is 4.40. The van der Waals surface area contributed by atoms with Crippen LogP contribution in [0.5, 0.6) is 0 Å². The van der Waals surface area contributed by atoms with E-state index in [1.54, 1.807) is 0 Å². The maximum Gasteiger partial charge on any atom is 0.234 e. The Bertz CT molecular complexity index is 260. The van der Waals surface area contributed by atoms with E-state index in [4.69, 9.17) is 5.73 Å². The van der Waals surface area contributed by atoms with Gasteiger partial charge in [-0.3, -0.25) is 9.69 Å². The first-order chi connectivity index (χ1) is 8.40.